The molecule has 5 nitrogen and oxygen atoms in total. The average molecular weight is 627 g/mol. The minimum Gasteiger partial charge on any atom is -0.456 e. The molecular weight excluding hydrogens is 601 g/mol. The van der Waals surface area contributed by atoms with E-state index in [1.807, 2.05) is 66.7 Å². The predicted molar refractivity (Wildman–Crippen MR) is 199 cm³/mol. The molecular formula is C44H26N4O. The van der Waals surface area contributed by atoms with Crippen LogP contribution in [0.15, 0.2) is 162 Å². The first-order valence-corrected chi connectivity index (χ1v) is 16.3. The van der Waals surface area contributed by atoms with Gasteiger partial charge in [-0.2, -0.15) is 0 Å². The molecule has 4 heterocycles. The minimum absolute atomic E-state index is 0.694. The number of rotatable bonds is 4. The molecule has 0 saturated carbocycles. The SMILES string of the molecule is c1ccc(-c2nc(-c3ccccc3)c3ccc(-c4ccc5ccc6ccc(-c7ccc8c(c7)oc7ccccc78)nc6c5n4)cc3n2)cc1. The van der Waals surface area contributed by atoms with E-state index < -0.39 is 0 Å². The second-order valence-electron chi connectivity index (χ2n) is 12.3. The van der Waals surface area contributed by atoms with Crippen LogP contribution in [-0.4, -0.2) is 19.9 Å². The van der Waals surface area contributed by atoms with Gasteiger partial charge < -0.3 is 4.42 Å². The molecule has 10 aromatic rings. The van der Waals surface area contributed by atoms with Gasteiger partial charge >= 0.3 is 0 Å². The summed E-state index contributed by atoms with van der Waals surface area (Å²) in [6, 6.07) is 53.9. The first-order chi connectivity index (χ1) is 24.2. The quantitative estimate of drug-likeness (QED) is 0.182. The molecule has 5 heteroatoms. The van der Waals surface area contributed by atoms with Crippen LogP contribution < -0.4 is 0 Å². The van der Waals surface area contributed by atoms with Crippen molar-refractivity contribution in [1.82, 2.24) is 19.9 Å². The van der Waals surface area contributed by atoms with Crippen LogP contribution in [0.1, 0.15) is 0 Å². The van der Waals surface area contributed by atoms with E-state index in [1.165, 1.54) is 0 Å². The van der Waals surface area contributed by atoms with Crippen LogP contribution in [0, 0.1) is 0 Å². The molecule has 0 fully saturated rings. The maximum absolute atomic E-state index is 6.18. The third-order valence-corrected chi connectivity index (χ3v) is 9.27. The molecule has 0 bridgehead atoms. The van der Waals surface area contributed by atoms with Crippen LogP contribution in [-0.2, 0) is 0 Å². The van der Waals surface area contributed by atoms with Gasteiger partial charge in [0.15, 0.2) is 5.82 Å². The number of hydrogen-bond acceptors (Lipinski definition) is 5. The molecule has 4 aromatic heterocycles. The van der Waals surface area contributed by atoms with Gasteiger partial charge in [0.05, 0.1) is 33.6 Å². The molecule has 0 aliphatic carbocycles. The fraction of sp³-hybridized carbons (Fsp3) is 0. The summed E-state index contributed by atoms with van der Waals surface area (Å²) >= 11 is 0. The second-order valence-corrected chi connectivity index (χ2v) is 12.3. The highest BCUT2D eigenvalue weighted by Crippen LogP contribution is 2.35. The van der Waals surface area contributed by atoms with Crippen molar-refractivity contribution in [1.29, 1.82) is 0 Å². The lowest BCUT2D eigenvalue weighted by Crippen LogP contribution is -1.96. The molecule has 0 spiro atoms. The van der Waals surface area contributed by atoms with Crippen molar-refractivity contribution < 1.29 is 4.42 Å². The predicted octanol–water partition coefficient (Wildman–Crippen LogP) is 11.3. The Balaban J connectivity index is 1.11. The molecule has 0 aliphatic rings. The topological polar surface area (TPSA) is 64.7 Å². The maximum atomic E-state index is 6.18. The highest BCUT2D eigenvalue weighted by atomic mass is 16.3. The average Bonchev–Trinajstić information content (AvgIpc) is 3.55. The van der Waals surface area contributed by atoms with E-state index in [9.17, 15) is 0 Å². The summed E-state index contributed by atoms with van der Waals surface area (Å²) in [5.41, 5.74) is 11.0. The zero-order valence-corrected chi connectivity index (χ0v) is 26.2. The largest absolute Gasteiger partial charge is 0.456 e. The van der Waals surface area contributed by atoms with Gasteiger partial charge in [0.1, 0.15) is 11.2 Å². The van der Waals surface area contributed by atoms with Crippen LogP contribution in [0.3, 0.4) is 0 Å². The van der Waals surface area contributed by atoms with Gasteiger partial charge in [0, 0.05) is 49.2 Å². The zero-order chi connectivity index (χ0) is 32.3. The number of aromatic nitrogens is 4. The number of pyridine rings is 2. The highest BCUT2D eigenvalue weighted by molar-refractivity contribution is 6.07. The van der Waals surface area contributed by atoms with Crippen LogP contribution in [0.25, 0.3) is 99.8 Å². The number of hydrogen-bond donors (Lipinski definition) is 0. The van der Waals surface area contributed by atoms with Crippen molar-refractivity contribution in [3.8, 4) is 45.2 Å². The van der Waals surface area contributed by atoms with Crippen molar-refractivity contribution in [3.05, 3.63) is 158 Å². The van der Waals surface area contributed by atoms with Gasteiger partial charge in [0.25, 0.3) is 0 Å². The summed E-state index contributed by atoms with van der Waals surface area (Å²) in [5.74, 6) is 0.694. The third-order valence-electron chi connectivity index (χ3n) is 9.27. The normalized spacial score (nSPS) is 11.7. The van der Waals surface area contributed by atoms with Crippen molar-refractivity contribution >= 4 is 54.6 Å². The Bertz CT molecular complexity index is 2880. The Morgan fingerprint density at radius 2 is 0.939 bits per heavy atom. The maximum Gasteiger partial charge on any atom is 0.160 e. The lowest BCUT2D eigenvalue weighted by molar-refractivity contribution is 0.669. The number of nitrogens with zero attached hydrogens (tertiary/aromatic N) is 4. The molecule has 0 radical (unpaired) electrons. The summed E-state index contributed by atoms with van der Waals surface area (Å²) in [5, 5.41) is 5.29. The molecule has 0 unspecified atom stereocenters. The fourth-order valence-electron chi connectivity index (χ4n) is 6.80. The Kier molecular flexibility index (Phi) is 6.11. The van der Waals surface area contributed by atoms with Crippen LogP contribution in [0.5, 0.6) is 0 Å². The van der Waals surface area contributed by atoms with Crippen LogP contribution in [0.2, 0.25) is 0 Å². The van der Waals surface area contributed by atoms with Gasteiger partial charge in [-0.3, -0.25) is 0 Å². The van der Waals surface area contributed by atoms with Crippen molar-refractivity contribution in [2.24, 2.45) is 0 Å². The monoisotopic (exact) mass is 626 g/mol. The Morgan fingerprint density at radius 1 is 0.367 bits per heavy atom. The van der Waals surface area contributed by atoms with Gasteiger partial charge in [0.2, 0.25) is 0 Å². The van der Waals surface area contributed by atoms with Gasteiger partial charge in [-0.1, -0.05) is 115 Å². The molecule has 6 aromatic carbocycles. The Hall–Kier alpha value is -6.72. The van der Waals surface area contributed by atoms with E-state index in [4.69, 9.17) is 24.4 Å². The zero-order valence-electron chi connectivity index (χ0n) is 26.2. The molecule has 49 heavy (non-hydrogen) atoms. The van der Waals surface area contributed by atoms with E-state index in [1.54, 1.807) is 0 Å². The number of para-hydroxylation sites is 1. The smallest absolute Gasteiger partial charge is 0.160 e. The standard InChI is InChI=1S/C44H26N4O/c1-3-9-27(10-4-1)41-35-22-18-31(25-38(35)47-44(48-41)30-11-5-2-6-12-30)36-23-19-28-15-16-29-20-24-37(46-43(29)42(28)45-36)32-17-21-34-33-13-7-8-14-39(33)49-40(34)26-32/h1-26H. The molecule has 0 saturated heterocycles. The van der Waals surface area contributed by atoms with Crippen LogP contribution in [0.4, 0.5) is 0 Å². The molecule has 0 atom stereocenters. The molecule has 0 aliphatic heterocycles. The van der Waals surface area contributed by atoms with E-state index >= 15 is 0 Å². The van der Waals surface area contributed by atoms with E-state index in [2.05, 4.69) is 91.0 Å². The number of fused-ring (bicyclic) bond motifs is 7. The number of furan rings is 1. The minimum atomic E-state index is 0.694. The molecule has 10 rings (SSSR count). The summed E-state index contributed by atoms with van der Waals surface area (Å²) in [6.45, 7) is 0. The van der Waals surface area contributed by atoms with Gasteiger partial charge in [-0.25, -0.2) is 19.9 Å². The summed E-state index contributed by atoms with van der Waals surface area (Å²) < 4.78 is 6.18. The van der Waals surface area contributed by atoms with E-state index in [-0.39, 0.29) is 0 Å². The van der Waals surface area contributed by atoms with Crippen molar-refractivity contribution in [3.63, 3.8) is 0 Å². The first kappa shape index (κ1) is 27.4. The number of benzene rings is 6. The van der Waals surface area contributed by atoms with Crippen LogP contribution >= 0.6 is 0 Å². The second kappa shape index (κ2) is 10.9. The fourth-order valence-corrected chi connectivity index (χ4v) is 6.80. The Labute approximate surface area is 281 Å². The summed E-state index contributed by atoms with van der Waals surface area (Å²) in [6.07, 6.45) is 0. The summed E-state index contributed by atoms with van der Waals surface area (Å²) in [4.78, 5) is 20.5. The van der Waals surface area contributed by atoms with Crippen molar-refractivity contribution in [2.45, 2.75) is 0 Å². The van der Waals surface area contributed by atoms with Gasteiger partial charge in [-0.05, 0) is 42.5 Å². The lowest BCUT2D eigenvalue weighted by atomic mass is 10.0. The molecule has 228 valence electrons. The van der Waals surface area contributed by atoms with E-state index in [0.29, 0.717) is 5.82 Å². The van der Waals surface area contributed by atoms with Gasteiger partial charge in [-0.15, -0.1) is 0 Å². The highest BCUT2D eigenvalue weighted by Gasteiger charge is 2.15. The lowest BCUT2D eigenvalue weighted by Gasteiger charge is -2.11. The van der Waals surface area contributed by atoms with E-state index in [0.717, 1.165) is 94.0 Å². The molecule has 0 N–H and O–H groups in total. The first-order valence-electron chi connectivity index (χ1n) is 16.3. The Morgan fingerprint density at radius 3 is 1.65 bits per heavy atom. The summed E-state index contributed by atoms with van der Waals surface area (Å²) in [7, 11) is 0. The third kappa shape index (κ3) is 4.63. The molecule has 0 amide bonds. The van der Waals surface area contributed by atoms with Crippen molar-refractivity contribution in [2.75, 3.05) is 0 Å².